The van der Waals surface area contributed by atoms with Gasteiger partial charge in [-0.2, -0.15) is 5.10 Å². The van der Waals surface area contributed by atoms with E-state index in [0.29, 0.717) is 6.61 Å². The summed E-state index contributed by atoms with van der Waals surface area (Å²) >= 11 is 0. The van der Waals surface area contributed by atoms with Crippen LogP contribution in [-0.4, -0.2) is 14.8 Å². The zero-order chi connectivity index (χ0) is 14.7. The number of aromatic nitrogens is 3. The number of ether oxygens (including phenoxy) is 1. The molecule has 0 atom stereocenters. The van der Waals surface area contributed by atoms with E-state index in [-0.39, 0.29) is 0 Å². The Kier molecular flexibility index (Phi) is 3.69. The van der Waals surface area contributed by atoms with Crippen molar-refractivity contribution in [3.8, 4) is 17.0 Å². The van der Waals surface area contributed by atoms with Gasteiger partial charge in [-0.3, -0.25) is 9.67 Å². The molecule has 0 amide bonds. The van der Waals surface area contributed by atoms with Gasteiger partial charge in [-0.05, 0) is 24.6 Å². The van der Waals surface area contributed by atoms with E-state index in [9.17, 15) is 0 Å². The Labute approximate surface area is 124 Å². The summed E-state index contributed by atoms with van der Waals surface area (Å²) in [5.74, 6) is 0.784. The van der Waals surface area contributed by atoms with Crippen LogP contribution in [0.15, 0.2) is 54.9 Å². The van der Waals surface area contributed by atoms with Crippen molar-refractivity contribution in [2.45, 2.75) is 13.5 Å². The summed E-state index contributed by atoms with van der Waals surface area (Å²) in [5.41, 5.74) is 4.14. The van der Waals surface area contributed by atoms with Gasteiger partial charge >= 0.3 is 0 Å². The van der Waals surface area contributed by atoms with Crippen molar-refractivity contribution in [3.05, 3.63) is 66.1 Å². The largest absolute Gasteiger partial charge is 0.485 e. The third-order valence-electron chi connectivity index (χ3n) is 3.31. The smallest absolute Gasteiger partial charge is 0.165 e. The van der Waals surface area contributed by atoms with Crippen LogP contribution in [0.5, 0.6) is 5.75 Å². The molecule has 0 bridgehead atoms. The first-order chi connectivity index (χ1) is 10.2. The number of pyridine rings is 1. The van der Waals surface area contributed by atoms with Gasteiger partial charge in [0.25, 0.3) is 0 Å². The summed E-state index contributed by atoms with van der Waals surface area (Å²) in [6.07, 6.45) is 3.56. The maximum Gasteiger partial charge on any atom is 0.165 e. The number of benzene rings is 1. The van der Waals surface area contributed by atoms with Gasteiger partial charge in [0.2, 0.25) is 0 Å². The van der Waals surface area contributed by atoms with E-state index in [2.05, 4.69) is 10.1 Å². The molecule has 0 aliphatic rings. The molecule has 4 heteroatoms. The van der Waals surface area contributed by atoms with Gasteiger partial charge in [-0.25, -0.2) is 0 Å². The van der Waals surface area contributed by atoms with E-state index in [4.69, 9.17) is 4.74 Å². The molecule has 0 aliphatic heterocycles. The Hall–Kier alpha value is -2.62. The van der Waals surface area contributed by atoms with Crippen LogP contribution >= 0.6 is 0 Å². The Morgan fingerprint density at radius 2 is 1.95 bits per heavy atom. The lowest BCUT2D eigenvalue weighted by Gasteiger charge is -2.09. The molecular formula is C17H17N3O. The fourth-order valence-corrected chi connectivity index (χ4v) is 2.28. The van der Waals surface area contributed by atoms with Crippen molar-refractivity contribution in [3.63, 3.8) is 0 Å². The van der Waals surface area contributed by atoms with Gasteiger partial charge in [0.05, 0.1) is 6.20 Å². The molecule has 0 saturated heterocycles. The van der Waals surface area contributed by atoms with Gasteiger partial charge in [0.15, 0.2) is 5.75 Å². The second-order valence-electron chi connectivity index (χ2n) is 4.94. The van der Waals surface area contributed by atoms with Crippen LogP contribution in [0, 0.1) is 6.92 Å². The van der Waals surface area contributed by atoms with Crippen LogP contribution in [-0.2, 0) is 13.7 Å². The molecule has 2 heterocycles. The normalized spacial score (nSPS) is 10.6. The predicted molar refractivity (Wildman–Crippen MR) is 82.0 cm³/mol. The van der Waals surface area contributed by atoms with Crippen LogP contribution in [0.2, 0.25) is 0 Å². The highest BCUT2D eigenvalue weighted by molar-refractivity contribution is 5.66. The zero-order valence-electron chi connectivity index (χ0n) is 12.2. The molecule has 1 aromatic carbocycles. The third kappa shape index (κ3) is 2.94. The van der Waals surface area contributed by atoms with Gasteiger partial charge in [-0.1, -0.05) is 30.3 Å². The fourth-order valence-electron chi connectivity index (χ4n) is 2.28. The SMILES string of the molecule is Cc1cc(-c2c(OCc3ccccc3)cnn2C)ccn1. The second-order valence-corrected chi connectivity index (χ2v) is 4.94. The van der Waals surface area contributed by atoms with Crippen molar-refractivity contribution < 1.29 is 4.74 Å². The second kappa shape index (κ2) is 5.79. The number of nitrogens with zero attached hydrogens (tertiary/aromatic N) is 3. The lowest BCUT2D eigenvalue weighted by atomic mass is 10.1. The lowest BCUT2D eigenvalue weighted by molar-refractivity contribution is 0.307. The quantitative estimate of drug-likeness (QED) is 0.735. The standard InChI is InChI=1S/C17H17N3O/c1-13-10-15(8-9-18-13)17-16(11-19-20(17)2)21-12-14-6-4-3-5-7-14/h3-11H,12H2,1-2H3. The first-order valence-corrected chi connectivity index (χ1v) is 6.86. The monoisotopic (exact) mass is 279 g/mol. The summed E-state index contributed by atoms with van der Waals surface area (Å²) in [6.45, 7) is 2.51. The van der Waals surface area contributed by atoms with Crippen molar-refractivity contribution in [2.24, 2.45) is 7.05 Å². The summed E-state index contributed by atoms with van der Waals surface area (Å²) in [7, 11) is 1.92. The molecular weight excluding hydrogens is 262 g/mol. The number of aryl methyl sites for hydroxylation is 2. The summed E-state index contributed by atoms with van der Waals surface area (Å²) in [5, 5.41) is 4.31. The maximum absolute atomic E-state index is 5.93. The van der Waals surface area contributed by atoms with Crippen molar-refractivity contribution in [1.82, 2.24) is 14.8 Å². The van der Waals surface area contributed by atoms with Crippen molar-refractivity contribution in [2.75, 3.05) is 0 Å². The van der Waals surface area contributed by atoms with Crippen LogP contribution < -0.4 is 4.74 Å². The van der Waals surface area contributed by atoms with E-state index in [1.165, 1.54) is 0 Å². The van der Waals surface area contributed by atoms with Gasteiger partial charge < -0.3 is 4.74 Å². The number of hydrogen-bond donors (Lipinski definition) is 0. The fraction of sp³-hybridized carbons (Fsp3) is 0.176. The minimum Gasteiger partial charge on any atom is -0.485 e. The Balaban J connectivity index is 1.87. The lowest BCUT2D eigenvalue weighted by Crippen LogP contribution is -1.98. The molecule has 0 unspecified atom stereocenters. The van der Waals surface area contributed by atoms with Crippen LogP contribution in [0.25, 0.3) is 11.3 Å². The number of hydrogen-bond acceptors (Lipinski definition) is 3. The van der Waals surface area contributed by atoms with Gasteiger partial charge in [0.1, 0.15) is 12.3 Å². The maximum atomic E-state index is 5.93. The van der Waals surface area contributed by atoms with E-state index < -0.39 is 0 Å². The predicted octanol–water partition coefficient (Wildman–Crippen LogP) is 3.37. The topological polar surface area (TPSA) is 39.9 Å². The average Bonchev–Trinajstić information content (AvgIpc) is 2.87. The first kappa shape index (κ1) is 13.4. The van der Waals surface area contributed by atoms with Crippen molar-refractivity contribution >= 4 is 0 Å². The van der Waals surface area contributed by atoms with Crippen molar-refractivity contribution in [1.29, 1.82) is 0 Å². The van der Waals surface area contributed by atoms with Crippen LogP contribution in [0.4, 0.5) is 0 Å². The first-order valence-electron chi connectivity index (χ1n) is 6.86. The Bertz CT molecular complexity index is 735. The molecule has 3 rings (SSSR count). The molecule has 0 saturated carbocycles. The molecule has 0 N–H and O–H groups in total. The summed E-state index contributed by atoms with van der Waals surface area (Å²) < 4.78 is 7.76. The molecule has 4 nitrogen and oxygen atoms in total. The molecule has 21 heavy (non-hydrogen) atoms. The third-order valence-corrected chi connectivity index (χ3v) is 3.31. The molecule has 0 aliphatic carbocycles. The Morgan fingerprint density at radius 1 is 1.14 bits per heavy atom. The zero-order valence-corrected chi connectivity index (χ0v) is 12.2. The summed E-state index contributed by atoms with van der Waals surface area (Å²) in [4.78, 5) is 4.23. The molecule has 2 aromatic heterocycles. The van der Waals surface area contributed by atoms with Crippen LogP contribution in [0.1, 0.15) is 11.3 Å². The van der Waals surface area contributed by atoms with E-state index in [1.807, 2.05) is 61.1 Å². The molecule has 0 fully saturated rings. The van der Waals surface area contributed by atoms with E-state index >= 15 is 0 Å². The van der Waals surface area contributed by atoms with E-state index in [0.717, 1.165) is 28.3 Å². The average molecular weight is 279 g/mol. The minimum atomic E-state index is 0.531. The highest BCUT2D eigenvalue weighted by Gasteiger charge is 2.12. The highest BCUT2D eigenvalue weighted by atomic mass is 16.5. The minimum absolute atomic E-state index is 0.531. The molecule has 106 valence electrons. The van der Waals surface area contributed by atoms with Gasteiger partial charge in [-0.15, -0.1) is 0 Å². The van der Waals surface area contributed by atoms with Crippen LogP contribution in [0.3, 0.4) is 0 Å². The highest BCUT2D eigenvalue weighted by Crippen LogP contribution is 2.29. The molecule has 0 spiro atoms. The Morgan fingerprint density at radius 3 is 2.71 bits per heavy atom. The molecule has 3 aromatic rings. The molecule has 0 radical (unpaired) electrons. The van der Waals surface area contributed by atoms with Gasteiger partial charge in [0, 0.05) is 24.5 Å². The summed E-state index contributed by atoms with van der Waals surface area (Å²) in [6, 6.07) is 14.1. The van der Waals surface area contributed by atoms with E-state index in [1.54, 1.807) is 12.4 Å². The number of rotatable bonds is 4.